The third-order valence-corrected chi connectivity index (χ3v) is 5.19. The van der Waals surface area contributed by atoms with Crippen LogP contribution in [0, 0.1) is 18.3 Å². The second-order valence-corrected chi connectivity index (χ2v) is 7.39. The molecule has 0 fully saturated rings. The molecule has 1 unspecified atom stereocenters. The number of hydrogen-bond donors (Lipinski definition) is 1. The Bertz CT molecular complexity index is 1240. The first-order chi connectivity index (χ1) is 15.5. The molecule has 1 atom stereocenters. The highest BCUT2D eigenvalue weighted by atomic mass is 16.5. The zero-order chi connectivity index (χ0) is 22.7. The number of carbonyl (C=O) groups is 1. The van der Waals surface area contributed by atoms with Gasteiger partial charge in [0.05, 0.1) is 18.1 Å². The fourth-order valence-electron chi connectivity index (χ4n) is 3.65. The summed E-state index contributed by atoms with van der Waals surface area (Å²) in [5.74, 6) is 0.590. The summed E-state index contributed by atoms with van der Waals surface area (Å²) < 4.78 is 16.9. The van der Waals surface area contributed by atoms with E-state index >= 15 is 0 Å². The van der Waals surface area contributed by atoms with E-state index in [2.05, 4.69) is 6.07 Å². The maximum absolute atomic E-state index is 12.5. The molecular formula is C26H22N2O4. The molecule has 6 heteroatoms. The zero-order valence-electron chi connectivity index (χ0n) is 17.8. The molecule has 4 rings (SSSR count). The summed E-state index contributed by atoms with van der Waals surface area (Å²) in [7, 11) is 0. The fourth-order valence-corrected chi connectivity index (χ4v) is 3.65. The lowest BCUT2D eigenvalue weighted by Gasteiger charge is -2.27. The second-order valence-electron chi connectivity index (χ2n) is 7.39. The van der Waals surface area contributed by atoms with Gasteiger partial charge < -0.3 is 19.9 Å². The van der Waals surface area contributed by atoms with Gasteiger partial charge in [-0.25, -0.2) is 4.79 Å². The molecule has 0 amide bonds. The summed E-state index contributed by atoms with van der Waals surface area (Å²) in [4.78, 5) is 12.5. The molecule has 0 aliphatic carbocycles. The SMILES string of the molecule is CCOc1cccc(C2C(C#N)=C(N)Oc3cc(OC(=O)c4ccc(C)cc4)ccc32)c1. The summed E-state index contributed by atoms with van der Waals surface area (Å²) in [5.41, 5.74) is 9.50. The summed E-state index contributed by atoms with van der Waals surface area (Å²) in [5, 5.41) is 9.74. The van der Waals surface area contributed by atoms with Crippen molar-refractivity contribution in [3.05, 3.63) is 100 Å². The van der Waals surface area contributed by atoms with Gasteiger partial charge in [-0.15, -0.1) is 0 Å². The van der Waals surface area contributed by atoms with Crippen molar-refractivity contribution in [3.63, 3.8) is 0 Å². The summed E-state index contributed by atoms with van der Waals surface area (Å²) in [6, 6.07) is 21.9. The van der Waals surface area contributed by atoms with Gasteiger partial charge in [0.2, 0.25) is 5.88 Å². The minimum atomic E-state index is -0.469. The van der Waals surface area contributed by atoms with Crippen molar-refractivity contribution >= 4 is 5.97 Å². The van der Waals surface area contributed by atoms with E-state index in [1.807, 2.05) is 50.2 Å². The van der Waals surface area contributed by atoms with Gasteiger partial charge in [0, 0.05) is 11.6 Å². The molecule has 160 valence electrons. The lowest BCUT2D eigenvalue weighted by Crippen LogP contribution is -2.21. The summed E-state index contributed by atoms with van der Waals surface area (Å²) >= 11 is 0. The molecule has 2 N–H and O–H groups in total. The molecule has 0 radical (unpaired) electrons. The number of allylic oxidation sites excluding steroid dienone is 1. The number of benzene rings is 3. The average molecular weight is 426 g/mol. The molecule has 3 aromatic carbocycles. The maximum atomic E-state index is 12.5. The van der Waals surface area contributed by atoms with Crippen LogP contribution in [0.4, 0.5) is 0 Å². The van der Waals surface area contributed by atoms with Gasteiger partial charge in [0.25, 0.3) is 0 Å². The molecule has 0 bridgehead atoms. The molecule has 0 saturated carbocycles. The number of carbonyl (C=O) groups excluding carboxylic acids is 1. The van der Waals surface area contributed by atoms with E-state index in [9.17, 15) is 10.1 Å². The Morgan fingerprint density at radius 2 is 1.88 bits per heavy atom. The number of rotatable bonds is 5. The standard InChI is InChI=1S/C26H22N2O4/c1-3-30-19-6-4-5-18(13-19)24-21-12-11-20(14-23(21)32-25(28)22(24)15-27)31-26(29)17-9-7-16(2)8-10-17/h4-14,24H,3,28H2,1-2H3. The molecule has 6 nitrogen and oxygen atoms in total. The first-order valence-corrected chi connectivity index (χ1v) is 10.2. The number of aryl methyl sites for hydroxylation is 1. The largest absolute Gasteiger partial charge is 0.494 e. The smallest absolute Gasteiger partial charge is 0.343 e. The van der Waals surface area contributed by atoms with E-state index < -0.39 is 11.9 Å². The predicted molar refractivity (Wildman–Crippen MR) is 119 cm³/mol. The molecule has 0 spiro atoms. The van der Waals surface area contributed by atoms with Gasteiger partial charge in [-0.1, -0.05) is 35.9 Å². The minimum absolute atomic E-state index is 0.0221. The number of nitrogens with zero attached hydrogens (tertiary/aromatic N) is 1. The van der Waals surface area contributed by atoms with Crippen LogP contribution in [-0.2, 0) is 0 Å². The molecule has 1 heterocycles. The lowest BCUT2D eigenvalue weighted by atomic mass is 9.83. The van der Waals surface area contributed by atoms with Crippen LogP contribution in [0.3, 0.4) is 0 Å². The Morgan fingerprint density at radius 1 is 1.09 bits per heavy atom. The number of fused-ring (bicyclic) bond motifs is 1. The van der Waals surface area contributed by atoms with Crippen LogP contribution in [0.25, 0.3) is 0 Å². The predicted octanol–water partition coefficient (Wildman–Crippen LogP) is 4.83. The van der Waals surface area contributed by atoms with Crippen LogP contribution in [0.2, 0.25) is 0 Å². The van der Waals surface area contributed by atoms with E-state index in [-0.39, 0.29) is 5.88 Å². The third kappa shape index (κ3) is 4.14. The van der Waals surface area contributed by atoms with Crippen molar-refractivity contribution < 1.29 is 19.0 Å². The van der Waals surface area contributed by atoms with Crippen molar-refractivity contribution in [1.82, 2.24) is 0 Å². The highest BCUT2D eigenvalue weighted by Crippen LogP contribution is 2.44. The minimum Gasteiger partial charge on any atom is -0.494 e. The third-order valence-electron chi connectivity index (χ3n) is 5.19. The van der Waals surface area contributed by atoms with E-state index in [4.69, 9.17) is 19.9 Å². The van der Waals surface area contributed by atoms with E-state index in [0.717, 1.165) is 16.7 Å². The average Bonchev–Trinajstić information content (AvgIpc) is 2.79. The van der Waals surface area contributed by atoms with Crippen LogP contribution in [0.1, 0.15) is 39.9 Å². The van der Waals surface area contributed by atoms with E-state index in [1.54, 1.807) is 30.3 Å². The molecule has 1 aliphatic heterocycles. The van der Waals surface area contributed by atoms with Crippen molar-refractivity contribution in [1.29, 1.82) is 5.26 Å². The molecule has 0 aromatic heterocycles. The maximum Gasteiger partial charge on any atom is 0.343 e. The van der Waals surface area contributed by atoms with Crippen molar-refractivity contribution in [2.24, 2.45) is 5.73 Å². The Hall–Kier alpha value is -4.24. The summed E-state index contributed by atoms with van der Waals surface area (Å²) in [6.45, 7) is 4.39. The Balaban J connectivity index is 1.68. The van der Waals surface area contributed by atoms with Crippen LogP contribution < -0.4 is 19.9 Å². The summed E-state index contributed by atoms with van der Waals surface area (Å²) in [6.07, 6.45) is 0. The number of esters is 1. The fraction of sp³-hybridized carbons (Fsp3) is 0.154. The number of nitriles is 1. The Morgan fingerprint density at radius 3 is 2.59 bits per heavy atom. The normalized spacial score (nSPS) is 14.7. The van der Waals surface area contributed by atoms with Crippen LogP contribution in [0.5, 0.6) is 17.2 Å². The molecule has 1 aliphatic rings. The first-order valence-electron chi connectivity index (χ1n) is 10.2. The van der Waals surface area contributed by atoms with Crippen molar-refractivity contribution in [3.8, 4) is 23.3 Å². The molecular weight excluding hydrogens is 404 g/mol. The Kier molecular flexibility index (Phi) is 5.82. The monoisotopic (exact) mass is 426 g/mol. The van der Waals surface area contributed by atoms with Crippen molar-refractivity contribution in [2.45, 2.75) is 19.8 Å². The number of hydrogen-bond acceptors (Lipinski definition) is 6. The van der Waals surface area contributed by atoms with Gasteiger partial charge in [-0.2, -0.15) is 5.26 Å². The van der Waals surface area contributed by atoms with Gasteiger partial charge in [0.15, 0.2) is 0 Å². The number of nitrogens with two attached hydrogens (primary N) is 1. The zero-order valence-corrected chi connectivity index (χ0v) is 17.8. The molecule has 0 saturated heterocycles. The topological polar surface area (TPSA) is 94.6 Å². The molecule has 3 aromatic rings. The first kappa shape index (κ1) is 21.0. The van der Waals surface area contributed by atoms with Gasteiger partial charge >= 0.3 is 5.97 Å². The number of ether oxygens (including phenoxy) is 3. The van der Waals surface area contributed by atoms with Gasteiger partial charge in [-0.3, -0.25) is 0 Å². The van der Waals surface area contributed by atoms with Crippen LogP contribution in [0.15, 0.2) is 78.2 Å². The highest BCUT2D eigenvalue weighted by Gasteiger charge is 2.31. The quantitative estimate of drug-likeness (QED) is 0.464. The highest BCUT2D eigenvalue weighted by molar-refractivity contribution is 5.91. The van der Waals surface area contributed by atoms with Gasteiger partial charge in [-0.05, 0) is 49.7 Å². The Labute approximate surface area is 186 Å². The van der Waals surface area contributed by atoms with Crippen molar-refractivity contribution in [2.75, 3.05) is 6.61 Å². The second kappa shape index (κ2) is 8.86. The molecule has 32 heavy (non-hydrogen) atoms. The van der Waals surface area contributed by atoms with Crippen LogP contribution >= 0.6 is 0 Å². The van der Waals surface area contributed by atoms with E-state index in [0.29, 0.717) is 35.0 Å². The van der Waals surface area contributed by atoms with Crippen LogP contribution in [-0.4, -0.2) is 12.6 Å². The van der Waals surface area contributed by atoms with E-state index in [1.165, 1.54) is 0 Å². The lowest BCUT2D eigenvalue weighted by molar-refractivity contribution is 0.0734. The van der Waals surface area contributed by atoms with Gasteiger partial charge in [0.1, 0.15) is 28.9 Å².